The van der Waals surface area contributed by atoms with Crippen molar-refractivity contribution in [3.63, 3.8) is 0 Å². The fourth-order valence-corrected chi connectivity index (χ4v) is 5.21. The lowest BCUT2D eigenvalue weighted by Gasteiger charge is -2.24. The summed E-state index contributed by atoms with van der Waals surface area (Å²) in [6, 6.07) is 14.3. The Hall–Kier alpha value is -4.07. The predicted octanol–water partition coefficient (Wildman–Crippen LogP) is 1.68. The molecule has 4 atom stereocenters. The number of aromatic nitrogens is 2. The number of nitrogens with zero attached hydrogens (tertiary/aromatic N) is 1. The topological polar surface area (TPSA) is 160 Å². The van der Waals surface area contributed by atoms with Crippen LogP contribution >= 0.6 is 0 Å². The molecular formula is C26H26N2O10S. The van der Waals surface area contributed by atoms with E-state index in [4.69, 9.17) is 18.4 Å². The van der Waals surface area contributed by atoms with Crippen molar-refractivity contribution in [2.24, 2.45) is 0 Å². The second-order valence-corrected chi connectivity index (χ2v) is 10.4. The van der Waals surface area contributed by atoms with Crippen molar-refractivity contribution in [2.45, 2.75) is 50.2 Å². The monoisotopic (exact) mass is 558 g/mol. The van der Waals surface area contributed by atoms with Crippen LogP contribution in [0.5, 0.6) is 0 Å². The molecule has 0 aliphatic carbocycles. The number of esters is 2. The van der Waals surface area contributed by atoms with E-state index < -0.39 is 64.5 Å². The van der Waals surface area contributed by atoms with E-state index in [2.05, 4.69) is 4.98 Å². The van der Waals surface area contributed by atoms with Crippen molar-refractivity contribution in [2.75, 3.05) is 6.61 Å². The Labute approximate surface area is 223 Å². The summed E-state index contributed by atoms with van der Waals surface area (Å²) in [7, 11) is -4.43. The Balaban J connectivity index is 1.79. The highest BCUT2D eigenvalue weighted by Gasteiger charge is 2.51. The molecule has 1 saturated heterocycles. The first-order valence-corrected chi connectivity index (χ1v) is 13.2. The molecule has 13 heteroatoms. The van der Waals surface area contributed by atoms with Gasteiger partial charge >= 0.3 is 17.6 Å². The molecule has 1 fully saturated rings. The number of nitrogens with one attached hydrogen (secondary N) is 1. The molecule has 2 aromatic carbocycles. The van der Waals surface area contributed by atoms with Gasteiger partial charge in [-0.25, -0.2) is 4.79 Å². The highest BCUT2D eigenvalue weighted by atomic mass is 32.2. The van der Waals surface area contributed by atoms with Crippen LogP contribution in [0.2, 0.25) is 0 Å². The summed E-state index contributed by atoms with van der Waals surface area (Å²) >= 11 is 0. The van der Waals surface area contributed by atoms with E-state index >= 15 is 0 Å². The van der Waals surface area contributed by atoms with Crippen LogP contribution in [0.15, 0.2) is 75.3 Å². The van der Waals surface area contributed by atoms with Crippen LogP contribution in [0.1, 0.15) is 25.6 Å². The molecule has 0 amide bonds. The van der Waals surface area contributed by atoms with E-state index in [1.54, 1.807) is 49.4 Å². The van der Waals surface area contributed by atoms with Crippen molar-refractivity contribution >= 4 is 22.1 Å². The van der Waals surface area contributed by atoms with E-state index in [-0.39, 0.29) is 10.5 Å². The van der Waals surface area contributed by atoms with Gasteiger partial charge in [-0.3, -0.25) is 28.1 Å². The fraction of sp³-hybridized carbons (Fsp3) is 0.308. The number of benzene rings is 2. The van der Waals surface area contributed by atoms with E-state index in [9.17, 15) is 27.6 Å². The van der Waals surface area contributed by atoms with Crippen molar-refractivity contribution in [3.05, 3.63) is 87.2 Å². The van der Waals surface area contributed by atoms with Crippen molar-refractivity contribution < 1.29 is 36.4 Å². The lowest BCUT2D eigenvalue weighted by atomic mass is 10.1. The molecule has 0 saturated carbocycles. The summed E-state index contributed by atoms with van der Waals surface area (Å²) in [5.74, 6) is -1.50. The third-order valence-corrected chi connectivity index (χ3v) is 7.24. The Morgan fingerprint density at radius 2 is 1.64 bits per heavy atom. The number of hydrogen-bond donors (Lipinski definition) is 1. The SMILES string of the molecule is CC(=O)OC[C@H]1O[C@@H](n2cc(-c3ccccc3)c(=O)[nH]c2=O)[C@H](OC(C)=O)[C@H]1OS(=O)(=O)c1ccc(C)cc1. The average molecular weight is 559 g/mol. The minimum absolute atomic E-state index is 0.105. The molecule has 1 aliphatic heterocycles. The van der Waals surface area contributed by atoms with E-state index in [0.717, 1.165) is 24.0 Å². The van der Waals surface area contributed by atoms with Gasteiger partial charge in [-0.1, -0.05) is 48.0 Å². The van der Waals surface area contributed by atoms with Crippen LogP contribution in [0.3, 0.4) is 0 Å². The molecule has 39 heavy (non-hydrogen) atoms. The van der Waals surface area contributed by atoms with Gasteiger partial charge in [-0.05, 0) is 24.6 Å². The second-order valence-electron chi connectivity index (χ2n) is 8.85. The van der Waals surface area contributed by atoms with Gasteiger partial charge in [0.2, 0.25) is 0 Å². The maximum atomic E-state index is 13.2. The van der Waals surface area contributed by atoms with Gasteiger partial charge in [0.1, 0.15) is 18.8 Å². The molecule has 12 nitrogen and oxygen atoms in total. The van der Waals surface area contributed by atoms with Crippen LogP contribution in [0.4, 0.5) is 0 Å². The highest BCUT2D eigenvalue weighted by molar-refractivity contribution is 7.86. The number of ether oxygens (including phenoxy) is 3. The summed E-state index contributed by atoms with van der Waals surface area (Å²) in [6.45, 7) is 3.55. The lowest BCUT2D eigenvalue weighted by molar-refractivity contribution is -0.155. The number of aromatic amines is 1. The van der Waals surface area contributed by atoms with Gasteiger partial charge in [0, 0.05) is 20.0 Å². The fourth-order valence-electron chi connectivity index (χ4n) is 4.10. The van der Waals surface area contributed by atoms with Crippen molar-refractivity contribution in [1.29, 1.82) is 0 Å². The molecule has 2 heterocycles. The summed E-state index contributed by atoms with van der Waals surface area (Å²) in [5, 5.41) is 0. The first-order valence-electron chi connectivity index (χ1n) is 11.8. The molecule has 206 valence electrons. The quantitative estimate of drug-likeness (QED) is 0.318. The predicted molar refractivity (Wildman–Crippen MR) is 136 cm³/mol. The van der Waals surface area contributed by atoms with Crippen molar-refractivity contribution in [3.8, 4) is 11.1 Å². The molecule has 1 N–H and O–H groups in total. The zero-order valence-corrected chi connectivity index (χ0v) is 22.0. The number of aryl methyl sites for hydroxylation is 1. The number of hydrogen-bond acceptors (Lipinski definition) is 10. The maximum absolute atomic E-state index is 13.2. The Bertz CT molecular complexity index is 1580. The minimum atomic E-state index is -4.43. The van der Waals surface area contributed by atoms with E-state index in [1.165, 1.54) is 18.3 Å². The van der Waals surface area contributed by atoms with Crippen LogP contribution in [0, 0.1) is 6.92 Å². The maximum Gasteiger partial charge on any atom is 0.330 e. The van der Waals surface area contributed by atoms with Gasteiger partial charge < -0.3 is 14.2 Å². The Kier molecular flexibility index (Phi) is 8.14. The summed E-state index contributed by atoms with van der Waals surface area (Å²) in [5.41, 5.74) is -0.171. The zero-order chi connectivity index (χ0) is 28.3. The summed E-state index contributed by atoms with van der Waals surface area (Å²) in [6.07, 6.45) is -4.52. The first kappa shape index (κ1) is 28.0. The summed E-state index contributed by atoms with van der Waals surface area (Å²) in [4.78, 5) is 51.1. The van der Waals surface area contributed by atoms with Gasteiger partial charge in [0.25, 0.3) is 15.7 Å². The largest absolute Gasteiger partial charge is 0.463 e. The number of carbonyl (C=O) groups excluding carboxylic acids is 2. The van der Waals surface area contributed by atoms with Gasteiger partial charge in [0.15, 0.2) is 12.3 Å². The molecule has 0 bridgehead atoms. The Morgan fingerprint density at radius 3 is 2.26 bits per heavy atom. The van der Waals surface area contributed by atoms with Crippen molar-refractivity contribution in [1.82, 2.24) is 9.55 Å². The normalized spacial score (nSPS) is 20.9. The zero-order valence-electron chi connectivity index (χ0n) is 21.2. The number of rotatable bonds is 8. The third kappa shape index (κ3) is 6.33. The third-order valence-electron chi connectivity index (χ3n) is 5.91. The number of H-pyrrole nitrogens is 1. The molecule has 0 radical (unpaired) electrons. The van der Waals surface area contributed by atoms with Crippen LogP contribution in [0.25, 0.3) is 11.1 Å². The molecule has 4 rings (SSSR count). The molecule has 0 spiro atoms. The standard InChI is InChI=1S/C26H26N2O10S/c1-15-9-11-19(12-10-15)39(33,34)38-22-21(14-35-16(2)29)37-25(23(22)36-17(3)30)28-13-20(24(31)27-26(28)32)18-7-5-4-6-8-18/h4-13,21-23,25H,14H2,1-3H3,(H,27,31,32)/t21-,22+,23-,25-/m1/s1. The van der Waals surface area contributed by atoms with Crippen LogP contribution in [-0.2, 0) is 38.1 Å². The van der Waals surface area contributed by atoms with Crippen LogP contribution in [-0.4, -0.2) is 54.8 Å². The van der Waals surface area contributed by atoms with Gasteiger partial charge in [-0.15, -0.1) is 0 Å². The molecule has 3 aromatic rings. The Morgan fingerprint density at radius 1 is 0.974 bits per heavy atom. The highest BCUT2D eigenvalue weighted by Crippen LogP contribution is 2.35. The second kappa shape index (κ2) is 11.4. The molecule has 1 aromatic heterocycles. The van der Waals surface area contributed by atoms with Crippen LogP contribution < -0.4 is 11.2 Å². The van der Waals surface area contributed by atoms with Gasteiger partial charge in [-0.2, -0.15) is 8.42 Å². The first-order chi connectivity index (χ1) is 18.5. The van der Waals surface area contributed by atoms with E-state index in [1.807, 2.05) is 0 Å². The van der Waals surface area contributed by atoms with Gasteiger partial charge in [0.05, 0.1) is 10.5 Å². The smallest absolute Gasteiger partial charge is 0.330 e. The molecule has 0 unspecified atom stereocenters. The lowest BCUT2D eigenvalue weighted by Crippen LogP contribution is -2.42. The molecular weight excluding hydrogens is 532 g/mol. The summed E-state index contributed by atoms with van der Waals surface area (Å²) < 4.78 is 49.2. The average Bonchev–Trinajstić information content (AvgIpc) is 3.19. The minimum Gasteiger partial charge on any atom is -0.463 e. The molecule has 1 aliphatic rings. The van der Waals surface area contributed by atoms with E-state index in [0.29, 0.717) is 5.56 Å². The number of carbonyl (C=O) groups is 2.